The Morgan fingerprint density at radius 2 is 0.491 bits per heavy atom. The molecule has 0 radical (unpaired) electrons. The maximum Gasteiger partial charge on any atom is 0.0467 e. The molecule has 0 spiro atoms. The highest BCUT2D eigenvalue weighted by Crippen LogP contribution is 2.39. The molecule has 1 nitrogen and oxygen atoms in total. The van der Waals surface area contributed by atoms with Crippen LogP contribution in [0.5, 0.6) is 0 Å². The van der Waals surface area contributed by atoms with Crippen molar-refractivity contribution in [3.05, 3.63) is 224 Å². The molecular formula is C54H37N. The third kappa shape index (κ3) is 6.43. The average Bonchev–Trinajstić information content (AvgIpc) is 3.26. The summed E-state index contributed by atoms with van der Waals surface area (Å²) in [4.78, 5) is 2.36. The van der Waals surface area contributed by atoms with E-state index in [1.165, 1.54) is 76.8 Å². The second kappa shape index (κ2) is 14.0. The highest BCUT2D eigenvalue weighted by Gasteiger charge is 2.15. The number of benzene rings is 10. The molecule has 258 valence electrons. The molecule has 0 aliphatic carbocycles. The molecule has 0 saturated heterocycles. The van der Waals surface area contributed by atoms with Gasteiger partial charge in [0.25, 0.3) is 0 Å². The third-order valence-electron chi connectivity index (χ3n) is 10.8. The molecule has 0 N–H and O–H groups in total. The van der Waals surface area contributed by atoms with Crippen LogP contribution in [0.1, 0.15) is 0 Å². The number of anilines is 3. The van der Waals surface area contributed by atoms with Gasteiger partial charge in [-0.25, -0.2) is 0 Å². The van der Waals surface area contributed by atoms with Crippen molar-refractivity contribution >= 4 is 49.4 Å². The SMILES string of the molecule is c1cc(-c2ccc3ccccc3c2)cc(N(c2ccc(-c3ccc(-c4ccc5ccccc5c4)cc3)cc2)c2ccc(-c3ccc4ccccc4c3)cc2)c1. The number of nitrogens with zero attached hydrogens (tertiary/aromatic N) is 1. The smallest absolute Gasteiger partial charge is 0.0467 e. The molecule has 10 rings (SSSR count). The molecule has 0 fully saturated rings. The minimum atomic E-state index is 1.10. The van der Waals surface area contributed by atoms with Crippen molar-refractivity contribution in [2.45, 2.75) is 0 Å². The maximum atomic E-state index is 2.36. The summed E-state index contributed by atoms with van der Waals surface area (Å²) in [5, 5.41) is 7.52. The van der Waals surface area contributed by atoms with Gasteiger partial charge in [0.05, 0.1) is 0 Å². The Labute approximate surface area is 322 Å². The zero-order valence-electron chi connectivity index (χ0n) is 30.3. The Morgan fingerprint density at radius 1 is 0.182 bits per heavy atom. The summed E-state index contributed by atoms with van der Waals surface area (Å²) in [6.07, 6.45) is 0. The van der Waals surface area contributed by atoms with Crippen LogP contribution < -0.4 is 4.90 Å². The van der Waals surface area contributed by atoms with Crippen molar-refractivity contribution in [2.24, 2.45) is 0 Å². The van der Waals surface area contributed by atoms with Gasteiger partial charge >= 0.3 is 0 Å². The highest BCUT2D eigenvalue weighted by molar-refractivity contribution is 5.91. The van der Waals surface area contributed by atoms with Crippen LogP contribution in [0, 0.1) is 0 Å². The van der Waals surface area contributed by atoms with Crippen molar-refractivity contribution in [3.8, 4) is 44.5 Å². The van der Waals surface area contributed by atoms with E-state index < -0.39 is 0 Å². The molecule has 0 atom stereocenters. The summed E-state index contributed by atoms with van der Waals surface area (Å²) in [5.74, 6) is 0. The predicted molar refractivity (Wildman–Crippen MR) is 235 cm³/mol. The zero-order valence-corrected chi connectivity index (χ0v) is 30.3. The predicted octanol–water partition coefficient (Wildman–Crippen LogP) is 15.3. The van der Waals surface area contributed by atoms with Gasteiger partial charge in [0.2, 0.25) is 0 Å². The molecule has 10 aromatic carbocycles. The minimum Gasteiger partial charge on any atom is -0.310 e. The molecule has 0 saturated carbocycles. The van der Waals surface area contributed by atoms with Crippen LogP contribution in [0.25, 0.3) is 76.8 Å². The molecule has 0 amide bonds. The van der Waals surface area contributed by atoms with Crippen LogP contribution in [-0.2, 0) is 0 Å². The summed E-state index contributed by atoms with van der Waals surface area (Å²) in [7, 11) is 0. The lowest BCUT2D eigenvalue weighted by atomic mass is 9.98. The number of hydrogen-bond acceptors (Lipinski definition) is 1. The van der Waals surface area contributed by atoms with Gasteiger partial charge < -0.3 is 4.90 Å². The van der Waals surface area contributed by atoms with Crippen LogP contribution in [0.4, 0.5) is 17.1 Å². The second-order valence-corrected chi connectivity index (χ2v) is 14.2. The van der Waals surface area contributed by atoms with Crippen LogP contribution >= 0.6 is 0 Å². The summed E-state index contributed by atoms with van der Waals surface area (Å²) in [6, 6.07) is 81.5. The first kappa shape index (κ1) is 32.4. The maximum absolute atomic E-state index is 2.36. The summed E-state index contributed by atoms with van der Waals surface area (Å²) >= 11 is 0. The van der Waals surface area contributed by atoms with Crippen LogP contribution in [0.15, 0.2) is 224 Å². The molecule has 1 heteroatoms. The second-order valence-electron chi connectivity index (χ2n) is 14.2. The molecule has 0 aliphatic rings. The topological polar surface area (TPSA) is 3.24 Å². The van der Waals surface area contributed by atoms with Crippen molar-refractivity contribution in [2.75, 3.05) is 4.90 Å². The number of fused-ring (bicyclic) bond motifs is 3. The van der Waals surface area contributed by atoms with Gasteiger partial charge in [-0.15, -0.1) is 0 Å². The summed E-state index contributed by atoms with van der Waals surface area (Å²) in [6.45, 7) is 0. The molecular weight excluding hydrogens is 663 g/mol. The van der Waals surface area contributed by atoms with Crippen LogP contribution in [0.3, 0.4) is 0 Å². The molecule has 10 aromatic rings. The molecule has 0 heterocycles. The highest BCUT2D eigenvalue weighted by atomic mass is 15.1. The van der Waals surface area contributed by atoms with E-state index in [1.54, 1.807) is 0 Å². The Kier molecular flexibility index (Phi) is 8.24. The van der Waals surface area contributed by atoms with Crippen LogP contribution in [0.2, 0.25) is 0 Å². The zero-order chi connectivity index (χ0) is 36.6. The van der Waals surface area contributed by atoms with Gasteiger partial charge in [-0.2, -0.15) is 0 Å². The van der Waals surface area contributed by atoms with Gasteiger partial charge in [-0.05, 0) is 131 Å². The van der Waals surface area contributed by atoms with E-state index >= 15 is 0 Å². The van der Waals surface area contributed by atoms with Crippen molar-refractivity contribution in [1.82, 2.24) is 0 Å². The lowest BCUT2D eigenvalue weighted by molar-refractivity contribution is 1.28. The number of hydrogen-bond donors (Lipinski definition) is 0. The summed E-state index contributed by atoms with van der Waals surface area (Å²) in [5.41, 5.74) is 12.9. The average molecular weight is 700 g/mol. The fraction of sp³-hybridized carbons (Fsp3) is 0. The van der Waals surface area contributed by atoms with Gasteiger partial charge in [0.15, 0.2) is 0 Å². The Morgan fingerprint density at radius 3 is 0.909 bits per heavy atom. The first-order chi connectivity index (χ1) is 27.2. The lowest BCUT2D eigenvalue weighted by Gasteiger charge is -2.26. The molecule has 0 aliphatic heterocycles. The molecule has 55 heavy (non-hydrogen) atoms. The van der Waals surface area contributed by atoms with Gasteiger partial charge in [-0.3, -0.25) is 0 Å². The molecule has 0 unspecified atom stereocenters. The normalized spacial score (nSPS) is 11.3. The Bertz CT molecular complexity index is 2960. The first-order valence-corrected chi connectivity index (χ1v) is 18.9. The fourth-order valence-electron chi connectivity index (χ4n) is 7.84. The van der Waals surface area contributed by atoms with E-state index in [-0.39, 0.29) is 0 Å². The largest absolute Gasteiger partial charge is 0.310 e. The fourth-order valence-corrected chi connectivity index (χ4v) is 7.84. The van der Waals surface area contributed by atoms with E-state index in [1.807, 2.05) is 0 Å². The molecule has 0 bridgehead atoms. The summed E-state index contributed by atoms with van der Waals surface area (Å²) < 4.78 is 0. The minimum absolute atomic E-state index is 1.10. The van der Waals surface area contributed by atoms with E-state index in [2.05, 4.69) is 229 Å². The monoisotopic (exact) mass is 699 g/mol. The van der Waals surface area contributed by atoms with E-state index in [4.69, 9.17) is 0 Å². The Hall–Kier alpha value is -7.22. The standard InChI is InChI=1S/C54H37N/c1-4-11-45-34-49(23-20-38(45)8-1)43-18-16-41(17-19-43)42-26-30-52(31-27-42)55(53-32-28-44(29-33-53)50-24-21-39-9-2-5-12-46(39)35-50)54-15-7-14-48(37-54)51-25-22-40-10-3-6-13-47(40)36-51/h1-37H. The lowest BCUT2D eigenvalue weighted by Crippen LogP contribution is -2.10. The van der Waals surface area contributed by atoms with E-state index in [9.17, 15) is 0 Å². The van der Waals surface area contributed by atoms with Crippen molar-refractivity contribution in [1.29, 1.82) is 0 Å². The quantitative estimate of drug-likeness (QED) is 0.160. The van der Waals surface area contributed by atoms with Crippen molar-refractivity contribution in [3.63, 3.8) is 0 Å². The van der Waals surface area contributed by atoms with E-state index in [0.29, 0.717) is 0 Å². The van der Waals surface area contributed by atoms with Crippen molar-refractivity contribution < 1.29 is 0 Å². The van der Waals surface area contributed by atoms with Gasteiger partial charge in [0, 0.05) is 17.1 Å². The van der Waals surface area contributed by atoms with Crippen LogP contribution in [-0.4, -0.2) is 0 Å². The third-order valence-corrected chi connectivity index (χ3v) is 10.8. The van der Waals surface area contributed by atoms with E-state index in [0.717, 1.165) is 17.1 Å². The molecule has 0 aromatic heterocycles. The Balaban J connectivity index is 1.000. The van der Waals surface area contributed by atoms with Gasteiger partial charge in [0.1, 0.15) is 0 Å². The number of rotatable bonds is 7. The van der Waals surface area contributed by atoms with Gasteiger partial charge in [-0.1, -0.05) is 170 Å². The first-order valence-electron chi connectivity index (χ1n) is 18.9.